The van der Waals surface area contributed by atoms with E-state index in [4.69, 9.17) is 9.47 Å². The van der Waals surface area contributed by atoms with Gasteiger partial charge in [0.15, 0.2) is 6.23 Å². The summed E-state index contributed by atoms with van der Waals surface area (Å²) in [5.74, 6) is 0.554. The number of hydrogen-bond donors (Lipinski definition) is 0. The van der Waals surface area contributed by atoms with Gasteiger partial charge in [0.2, 0.25) is 0 Å². The molecule has 4 heteroatoms. The lowest BCUT2D eigenvalue weighted by molar-refractivity contribution is -0.137. The van der Waals surface area contributed by atoms with E-state index in [1.807, 2.05) is 31.2 Å². The van der Waals surface area contributed by atoms with Crippen molar-refractivity contribution in [2.75, 3.05) is 19.7 Å². The lowest BCUT2D eigenvalue weighted by Crippen LogP contribution is -2.41. The van der Waals surface area contributed by atoms with E-state index in [-0.39, 0.29) is 12.2 Å². The molecule has 0 amide bonds. The molecule has 0 bridgehead atoms. The number of carbonyl (C=O) groups is 1. The van der Waals surface area contributed by atoms with Gasteiger partial charge in [0, 0.05) is 30.3 Å². The smallest absolute Gasteiger partial charge is 0.331 e. The molecular weight excluding hydrogens is 266 g/mol. The van der Waals surface area contributed by atoms with Gasteiger partial charge in [-0.15, -0.1) is 0 Å². The maximum Gasteiger partial charge on any atom is 0.331 e. The highest BCUT2D eigenvalue weighted by atomic mass is 16.5. The van der Waals surface area contributed by atoms with Gasteiger partial charge in [0.05, 0.1) is 6.61 Å². The Morgan fingerprint density at radius 3 is 2.86 bits per heavy atom. The largest absolute Gasteiger partial charge is 0.470 e. The van der Waals surface area contributed by atoms with Gasteiger partial charge in [-0.3, -0.25) is 4.90 Å². The Balaban J connectivity index is 1.91. The summed E-state index contributed by atoms with van der Waals surface area (Å²) in [6, 6.07) is 7.89. The zero-order valence-electron chi connectivity index (χ0n) is 12.4. The molecule has 1 fully saturated rings. The summed E-state index contributed by atoms with van der Waals surface area (Å²) in [6.07, 6.45) is 5.07. The number of fused-ring (bicyclic) bond motifs is 1. The van der Waals surface area contributed by atoms with Crippen LogP contribution >= 0.6 is 0 Å². The number of piperidine rings is 1. The highest BCUT2D eigenvalue weighted by Crippen LogP contribution is 2.39. The monoisotopic (exact) mass is 287 g/mol. The number of hydrogen-bond acceptors (Lipinski definition) is 4. The topological polar surface area (TPSA) is 38.8 Å². The molecule has 2 aliphatic heterocycles. The van der Waals surface area contributed by atoms with Crippen LogP contribution in [-0.2, 0) is 9.53 Å². The third-order valence-corrected chi connectivity index (χ3v) is 3.98. The quantitative estimate of drug-likeness (QED) is 0.633. The predicted molar refractivity (Wildman–Crippen MR) is 80.9 cm³/mol. The predicted octanol–water partition coefficient (Wildman–Crippen LogP) is 2.84. The van der Waals surface area contributed by atoms with Crippen LogP contribution < -0.4 is 4.74 Å². The minimum atomic E-state index is -0.296. The number of rotatable bonds is 3. The van der Waals surface area contributed by atoms with Crippen molar-refractivity contribution >= 4 is 11.5 Å². The van der Waals surface area contributed by atoms with E-state index in [1.54, 1.807) is 6.08 Å². The molecule has 0 aromatic heterocycles. The zero-order valence-corrected chi connectivity index (χ0v) is 12.4. The lowest BCUT2D eigenvalue weighted by Gasteiger charge is -2.32. The Hall–Kier alpha value is -1.81. The standard InChI is InChI=1S/C17H21NO3/c1-2-20-16(19)12-14-13-8-4-5-9-15(13)21-17(14)18-10-6-3-7-11-18/h4-5,8-9,12,17H,2-3,6-7,10-11H2,1H3/b14-12+. The molecule has 1 unspecified atom stereocenters. The summed E-state index contributed by atoms with van der Waals surface area (Å²) >= 11 is 0. The first-order valence-electron chi connectivity index (χ1n) is 7.68. The zero-order chi connectivity index (χ0) is 14.7. The molecule has 1 aromatic rings. The van der Waals surface area contributed by atoms with Crippen LogP contribution in [0.2, 0.25) is 0 Å². The van der Waals surface area contributed by atoms with E-state index in [1.165, 1.54) is 19.3 Å². The molecule has 1 atom stereocenters. The number of likely N-dealkylation sites (tertiary alicyclic amines) is 1. The Bertz CT molecular complexity index is 547. The van der Waals surface area contributed by atoms with E-state index in [2.05, 4.69) is 4.90 Å². The van der Waals surface area contributed by atoms with Crippen LogP contribution in [0.15, 0.2) is 30.3 Å². The third-order valence-electron chi connectivity index (χ3n) is 3.98. The normalized spacial score (nSPS) is 23.7. The van der Waals surface area contributed by atoms with E-state index >= 15 is 0 Å². The lowest BCUT2D eigenvalue weighted by atomic mass is 10.0. The molecule has 0 aliphatic carbocycles. The van der Waals surface area contributed by atoms with E-state index < -0.39 is 0 Å². The number of carbonyl (C=O) groups excluding carboxylic acids is 1. The Morgan fingerprint density at radius 1 is 1.33 bits per heavy atom. The molecule has 0 N–H and O–H groups in total. The van der Waals surface area contributed by atoms with Gasteiger partial charge in [-0.1, -0.05) is 24.6 Å². The molecule has 1 saturated heterocycles. The fourth-order valence-corrected chi connectivity index (χ4v) is 3.01. The van der Waals surface area contributed by atoms with Crippen LogP contribution in [0.5, 0.6) is 5.75 Å². The summed E-state index contributed by atoms with van der Waals surface area (Å²) < 4.78 is 11.2. The van der Waals surface area contributed by atoms with Gasteiger partial charge in [-0.05, 0) is 25.8 Å². The molecule has 3 rings (SSSR count). The van der Waals surface area contributed by atoms with Crippen molar-refractivity contribution in [1.29, 1.82) is 0 Å². The number of para-hydroxylation sites is 1. The second-order valence-corrected chi connectivity index (χ2v) is 5.41. The molecule has 4 nitrogen and oxygen atoms in total. The summed E-state index contributed by atoms with van der Waals surface area (Å²) in [4.78, 5) is 14.2. The first kappa shape index (κ1) is 14.1. The second-order valence-electron chi connectivity index (χ2n) is 5.41. The Morgan fingerprint density at radius 2 is 2.10 bits per heavy atom. The molecule has 21 heavy (non-hydrogen) atoms. The van der Waals surface area contributed by atoms with Crippen molar-refractivity contribution in [1.82, 2.24) is 4.90 Å². The van der Waals surface area contributed by atoms with Crippen molar-refractivity contribution in [3.8, 4) is 5.75 Å². The first-order chi connectivity index (χ1) is 10.3. The summed E-state index contributed by atoms with van der Waals surface area (Å²) in [5.41, 5.74) is 1.92. The third kappa shape index (κ3) is 2.95. The second kappa shape index (κ2) is 6.31. The van der Waals surface area contributed by atoms with Crippen LogP contribution in [0.25, 0.3) is 5.57 Å². The van der Waals surface area contributed by atoms with Gasteiger partial charge < -0.3 is 9.47 Å². The SMILES string of the molecule is CCOC(=O)/C=C1\c2ccccc2OC1N1CCCCC1. The van der Waals surface area contributed by atoms with Crippen LogP contribution in [0.1, 0.15) is 31.7 Å². The Labute approximate surface area is 125 Å². The molecule has 2 heterocycles. The van der Waals surface area contributed by atoms with Crippen LogP contribution in [0.4, 0.5) is 0 Å². The molecule has 0 saturated carbocycles. The first-order valence-corrected chi connectivity index (χ1v) is 7.68. The number of benzene rings is 1. The van der Waals surface area contributed by atoms with Crippen molar-refractivity contribution in [2.24, 2.45) is 0 Å². The fourth-order valence-electron chi connectivity index (χ4n) is 3.01. The van der Waals surface area contributed by atoms with Gasteiger partial charge >= 0.3 is 5.97 Å². The van der Waals surface area contributed by atoms with Crippen LogP contribution in [0, 0.1) is 0 Å². The highest BCUT2D eigenvalue weighted by molar-refractivity contribution is 5.94. The van der Waals surface area contributed by atoms with Crippen molar-refractivity contribution in [3.63, 3.8) is 0 Å². The maximum absolute atomic E-state index is 11.9. The molecule has 2 aliphatic rings. The van der Waals surface area contributed by atoms with Gasteiger partial charge in [0.1, 0.15) is 5.75 Å². The average molecular weight is 287 g/mol. The van der Waals surface area contributed by atoms with E-state index in [0.717, 1.165) is 30.0 Å². The maximum atomic E-state index is 11.9. The van der Waals surface area contributed by atoms with Crippen LogP contribution in [0.3, 0.4) is 0 Å². The molecule has 0 spiro atoms. The van der Waals surface area contributed by atoms with Gasteiger partial charge in [-0.2, -0.15) is 0 Å². The minimum Gasteiger partial charge on any atom is -0.470 e. The molecule has 112 valence electrons. The van der Waals surface area contributed by atoms with Gasteiger partial charge in [0.25, 0.3) is 0 Å². The van der Waals surface area contributed by atoms with Crippen molar-refractivity contribution in [2.45, 2.75) is 32.4 Å². The highest BCUT2D eigenvalue weighted by Gasteiger charge is 2.34. The number of nitrogens with zero attached hydrogens (tertiary/aromatic N) is 1. The molecule has 1 aromatic carbocycles. The van der Waals surface area contributed by atoms with Gasteiger partial charge in [-0.25, -0.2) is 4.79 Å². The van der Waals surface area contributed by atoms with Crippen molar-refractivity contribution in [3.05, 3.63) is 35.9 Å². The number of ether oxygens (including phenoxy) is 2. The van der Waals surface area contributed by atoms with Crippen molar-refractivity contribution < 1.29 is 14.3 Å². The summed E-state index contributed by atoms with van der Waals surface area (Å²) in [7, 11) is 0. The van der Waals surface area contributed by atoms with E-state index in [0.29, 0.717) is 6.61 Å². The molecule has 0 radical (unpaired) electrons. The minimum absolute atomic E-state index is 0.160. The average Bonchev–Trinajstić information content (AvgIpc) is 2.87. The fraction of sp³-hybridized carbons (Fsp3) is 0.471. The summed E-state index contributed by atoms with van der Waals surface area (Å²) in [5, 5.41) is 0. The van der Waals surface area contributed by atoms with Crippen LogP contribution in [-0.4, -0.2) is 36.8 Å². The summed E-state index contributed by atoms with van der Waals surface area (Å²) in [6.45, 7) is 4.23. The molecular formula is C17H21NO3. The number of esters is 1. The Kier molecular flexibility index (Phi) is 4.25. The van der Waals surface area contributed by atoms with E-state index in [9.17, 15) is 4.79 Å².